The standard InChI is InChI=1S/C19H23NO6/c1-4-10(2)17(18(23)24)20-16(22)8-7-14-11(3)13-6-5-12(21)9-15(13)26-19(14)25/h5-6,9-10,17,21H,4,7-8H2,1-3H3,(H,20,22)(H,23,24)/t10-,17+/m1/s1. The predicted molar refractivity (Wildman–Crippen MR) is 96.2 cm³/mol. The van der Waals surface area contributed by atoms with Crippen LogP contribution in [0.1, 0.15) is 37.8 Å². The summed E-state index contributed by atoms with van der Waals surface area (Å²) in [6.07, 6.45) is 0.747. The van der Waals surface area contributed by atoms with Crippen molar-refractivity contribution in [1.82, 2.24) is 5.32 Å². The van der Waals surface area contributed by atoms with Crippen LogP contribution in [-0.4, -0.2) is 28.1 Å². The number of carbonyl (C=O) groups excluding carboxylic acids is 1. The van der Waals surface area contributed by atoms with Crippen LogP contribution < -0.4 is 10.9 Å². The average Bonchev–Trinajstić information content (AvgIpc) is 2.58. The molecular formula is C19H23NO6. The van der Waals surface area contributed by atoms with Crippen molar-refractivity contribution in [2.75, 3.05) is 0 Å². The largest absolute Gasteiger partial charge is 0.508 e. The fourth-order valence-electron chi connectivity index (χ4n) is 2.84. The van der Waals surface area contributed by atoms with Gasteiger partial charge in [0.15, 0.2) is 0 Å². The van der Waals surface area contributed by atoms with E-state index in [0.29, 0.717) is 22.9 Å². The Kier molecular flexibility index (Phi) is 6.02. The van der Waals surface area contributed by atoms with Gasteiger partial charge in [-0.15, -0.1) is 0 Å². The Morgan fingerprint density at radius 2 is 2.00 bits per heavy atom. The van der Waals surface area contributed by atoms with Gasteiger partial charge in [0.25, 0.3) is 0 Å². The number of carboxylic acid groups (broad SMARTS) is 1. The van der Waals surface area contributed by atoms with Crippen molar-refractivity contribution >= 4 is 22.8 Å². The summed E-state index contributed by atoms with van der Waals surface area (Å²) in [5.74, 6) is -1.70. The van der Waals surface area contributed by atoms with Gasteiger partial charge >= 0.3 is 11.6 Å². The van der Waals surface area contributed by atoms with Crippen molar-refractivity contribution in [3.8, 4) is 5.75 Å². The highest BCUT2D eigenvalue weighted by Crippen LogP contribution is 2.23. The van der Waals surface area contributed by atoms with Crippen LogP contribution in [0.3, 0.4) is 0 Å². The molecule has 0 aliphatic rings. The van der Waals surface area contributed by atoms with Gasteiger partial charge in [-0.1, -0.05) is 20.3 Å². The number of hydrogen-bond donors (Lipinski definition) is 3. The molecule has 7 nitrogen and oxygen atoms in total. The van der Waals surface area contributed by atoms with E-state index in [0.717, 1.165) is 0 Å². The van der Waals surface area contributed by atoms with E-state index < -0.39 is 23.5 Å². The Morgan fingerprint density at radius 3 is 2.62 bits per heavy atom. The van der Waals surface area contributed by atoms with Gasteiger partial charge in [-0.2, -0.15) is 0 Å². The molecule has 1 aromatic carbocycles. The lowest BCUT2D eigenvalue weighted by Gasteiger charge is -2.20. The number of amides is 1. The molecule has 0 aliphatic heterocycles. The highest BCUT2D eigenvalue weighted by atomic mass is 16.4. The Hall–Kier alpha value is -2.83. The van der Waals surface area contributed by atoms with E-state index in [1.807, 2.05) is 6.92 Å². The number of benzene rings is 1. The molecule has 3 N–H and O–H groups in total. The number of phenols is 1. The van der Waals surface area contributed by atoms with Gasteiger partial charge in [0.2, 0.25) is 5.91 Å². The van der Waals surface area contributed by atoms with E-state index in [1.54, 1.807) is 19.9 Å². The topological polar surface area (TPSA) is 117 Å². The molecule has 26 heavy (non-hydrogen) atoms. The van der Waals surface area contributed by atoms with Crippen molar-refractivity contribution in [3.63, 3.8) is 0 Å². The number of hydrogen-bond acceptors (Lipinski definition) is 5. The van der Waals surface area contributed by atoms with Crippen molar-refractivity contribution in [1.29, 1.82) is 0 Å². The molecule has 1 heterocycles. The quantitative estimate of drug-likeness (QED) is 0.652. The van der Waals surface area contributed by atoms with Crippen LogP contribution in [0.5, 0.6) is 5.75 Å². The highest BCUT2D eigenvalue weighted by molar-refractivity contribution is 5.84. The number of rotatable bonds is 7. The number of aliphatic carboxylic acids is 1. The van der Waals surface area contributed by atoms with E-state index in [-0.39, 0.29) is 30.1 Å². The number of carbonyl (C=O) groups is 2. The Balaban J connectivity index is 2.16. The zero-order valence-electron chi connectivity index (χ0n) is 15.0. The lowest BCUT2D eigenvalue weighted by atomic mass is 9.98. The second-order valence-corrected chi connectivity index (χ2v) is 6.44. The number of carboxylic acids is 1. The van der Waals surface area contributed by atoms with Gasteiger partial charge < -0.3 is 19.9 Å². The molecule has 1 amide bonds. The molecule has 0 fully saturated rings. The molecule has 2 atom stereocenters. The van der Waals surface area contributed by atoms with Crippen LogP contribution in [0.2, 0.25) is 0 Å². The summed E-state index contributed by atoms with van der Waals surface area (Å²) in [5, 5.41) is 21.9. The molecule has 2 rings (SSSR count). The number of fused-ring (bicyclic) bond motifs is 1. The molecule has 140 valence electrons. The first kappa shape index (κ1) is 19.5. The lowest BCUT2D eigenvalue weighted by Crippen LogP contribution is -2.45. The van der Waals surface area contributed by atoms with Crippen LogP contribution in [-0.2, 0) is 16.0 Å². The van der Waals surface area contributed by atoms with Gasteiger partial charge in [0, 0.05) is 23.4 Å². The van der Waals surface area contributed by atoms with Crippen LogP contribution in [0.25, 0.3) is 11.0 Å². The number of phenolic OH excluding ortho intramolecular Hbond substituents is 1. The average molecular weight is 361 g/mol. The number of aromatic hydroxyl groups is 1. The monoisotopic (exact) mass is 361 g/mol. The third kappa shape index (κ3) is 4.22. The van der Waals surface area contributed by atoms with Crippen molar-refractivity contribution in [2.24, 2.45) is 5.92 Å². The van der Waals surface area contributed by atoms with Crippen LogP contribution in [0.4, 0.5) is 0 Å². The molecule has 0 radical (unpaired) electrons. The van der Waals surface area contributed by atoms with Crippen molar-refractivity contribution < 1.29 is 24.2 Å². The van der Waals surface area contributed by atoms with E-state index in [2.05, 4.69) is 5.32 Å². The molecule has 7 heteroatoms. The minimum Gasteiger partial charge on any atom is -0.508 e. The van der Waals surface area contributed by atoms with Gasteiger partial charge in [-0.25, -0.2) is 9.59 Å². The van der Waals surface area contributed by atoms with Crippen LogP contribution in [0, 0.1) is 12.8 Å². The summed E-state index contributed by atoms with van der Waals surface area (Å²) >= 11 is 0. The molecule has 0 aliphatic carbocycles. The molecule has 2 aromatic rings. The Morgan fingerprint density at radius 1 is 1.31 bits per heavy atom. The Bertz CT molecular complexity index is 885. The Labute approximate surface area is 150 Å². The summed E-state index contributed by atoms with van der Waals surface area (Å²) in [6.45, 7) is 5.37. The first-order valence-corrected chi connectivity index (χ1v) is 8.52. The number of aryl methyl sites for hydroxylation is 1. The summed E-state index contributed by atoms with van der Waals surface area (Å²) in [6, 6.07) is 3.55. The summed E-state index contributed by atoms with van der Waals surface area (Å²) in [5.41, 5.74) is 0.767. The molecule has 0 spiro atoms. The van der Waals surface area contributed by atoms with Crippen LogP contribution in [0.15, 0.2) is 27.4 Å². The zero-order valence-corrected chi connectivity index (χ0v) is 15.0. The maximum atomic E-state index is 12.2. The van der Waals surface area contributed by atoms with E-state index in [9.17, 15) is 24.6 Å². The molecule has 0 bridgehead atoms. The third-order valence-corrected chi connectivity index (χ3v) is 4.67. The summed E-state index contributed by atoms with van der Waals surface area (Å²) in [7, 11) is 0. The second-order valence-electron chi connectivity index (χ2n) is 6.44. The number of nitrogens with one attached hydrogen (secondary N) is 1. The van der Waals surface area contributed by atoms with E-state index in [1.165, 1.54) is 12.1 Å². The van der Waals surface area contributed by atoms with Crippen molar-refractivity contribution in [3.05, 3.63) is 39.7 Å². The molecular weight excluding hydrogens is 338 g/mol. The summed E-state index contributed by atoms with van der Waals surface area (Å²) < 4.78 is 5.22. The third-order valence-electron chi connectivity index (χ3n) is 4.67. The van der Waals surface area contributed by atoms with Crippen LogP contribution >= 0.6 is 0 Å². The predicted octanol–water partition coefficient (Wildman–Crippen LogP) is 2.36. The second kappa shape index (κ2) is 8.03. The van der Waals surface area contributed by atoms with Gasteiger partial charge in [0.1, 0.15) is 17.4 Å². The minimum absolute atomic E-state index is 0.00284. The van der Waals surface area contributed by atoms with Gasteiger partial charge in [-0.05, 0) is 37.0 Å². The molecule has 0 saturated heterocycles. The maximum Gasteiger partial charge on any atom is 0.339 e. The van der Waals surface area contributed by atoms with Gasteiger partial charge in [0.05, 0.1) is 0 Å². The maximum absolute atomic E-state index is 12.2. The lowest BCUT2D eigenvalue weighted by molar-refractivity contribution is -0.143. The molecule has 1 aromatic heterocycles. The van der Waals surface area contributed by atoms with Crippen molar-refractivity contribution in [2.45, 2.75) is 46.1 Å². The normalized spacial score (nSPS) is 13.3. The fraction of sp³-hybridized carbons (Fsp3) is 0.421. The summed E-state index contributed by atoms with van der Waals surface area (Å²) in [4.78, 5) is 35.6. The SMILES string of the molecule is CC[C@@H](C)[C@H](NC(=O)CCc1c(C)c2ccc(O)cc2oc1=O)C(=O)O. The van der Waals surface area contributed by atoms with E-state index >= 15 is 0 Å². The van der Waals surface area contributed by atoms with Gasteiger partial charge in [-0.3, -0.25) is 4.79 Å². The van der Waals surface area contributed by atoms with E-state index in [4.69, 9.17) is 4.42 Å². The first-order valence-electron chi connectivity index (χ1n) is 8.52. The molecule has 0 saturated carbocycles. The minimum atomic E-state index is -1.08. The smallest absolute Gasteiger partial charge is 0.339 e. The zero-order chi connectivity index (χ0) is 19.4. The fourth-order valence-corrected chi connectivity index (χ4v) is 2.84. The molecule has 0 unspecified atom stereocenters. The first-order chi connectivity index (χ1) is 12.2. The highest BCUT2D eigenvalue weighted by Gasteiger charge is 2.25.